The summed E-state index contributed by atoms with van der Waals surface area (Å²) in [6, 6.07) is 4.87. The molecule has 0 fully saturated rings. The van der Waals surface area contributed by atoms with E-state index >= 15 is 0 Å². The summed E-state index contributed by atoms with van der Waals surface area (Å²) in [5.41, 5.74) is 0.706. The van der Waals surface area contributed by atoms with Crippen molar-refractivity contribution in [2.24, 2.45) is 0 Å². The van der Waals surface area contributed by atoms with Gasteiger partial charge in [-0.05, 0) is 33.3 Å². The van der Waals surface area contributed by atoms with Crippen molar-refractivity contribution in [3.05, 3.63) is 29.6 Å². The molecular weight excluding hydrogens is 273 g/mol. The number of carbonyl (C=O) groups excluding carboxylic acids is 1. The van der Waals surface area contributed by atoms with Crippen LogP contribution in [-0.4, -0.2) is 25.2 Å². The van der Waals surface area contributed by atoms with Crippen LogP contribution in [0.25, 0.3) is 0 Å². The number of hydrogen-bond donors (Lipinski definition) is 1. The fourth-order valence-electron chi connectivity index (χ4n) is 1.71. The molecule has 1 aromatic rings. The minimum Gasteiger partial charge on any atom is -0.490 e. The monoisotopic (exact) mass is 297 g/mol. The number of benzene rings is 1. The number of halogens is 1. The Morgan fingerprint density at radius 2 is 2.05 bits per heavy atom. The van der Waals surface area contributed by atoms with Gasteiger partial charge in [-0.15, -0.1) is 0 Å². The van der Waals surface area contributed by atoms with E-state index in [2.05, 4.69) is 10.1 Å². The van der Waals surface area contributed by atoms with Crippen molar-refractivity contribution in [1.29, 1.82) is 0 Å². The molecule has 0 saturated carbocycles. The van der Waals surface area contributed by atoms with E-state index in [4.69, 9.17) is 4.74 Å². The van der Waals surface area contributed by atoms with E-state index in [1.807, 2.05) is 26.8 Å². The predicted molar refractivity (Wildman–Crippen MR) is 79.7 cm³/mol. The average molecular weight is 297 g/mol. The van der Waals surface area contributed by atoms with E-state index in [9.17, 15) is 9.18 Å². The van der Waals surface area contributed by atoms with Crippen LogP contribution >= 0.6 is 0 Å². The molecule has 1 aromatic carbocycles. The molecule has 0 radical (unpaired) electrons. The highest BCUT2D eigenvalue weighted by atomic mass is 19.1. The van der Waals surface area contributed by atoms with Gasteiger partial charge < -0.3 is 14.8 Å². The van der Waals surface area contributed by atoms with Gasteiger partial charge in [0.05, 0.1) is 13.7 Å². The number of hydrogen-bond acceptors (Lipinski definition) is 4. The number of ether oxygens (including phenoxy) is 2. The molecule has 0 aliphatic carbocycles. The molecule has 1 N–H and O–H groups in total. The van der Waals surface area contributed by atoms with Gasteiger partial charge in [-0.1, -0.05) is 12.1 Å². The van der Waals surface area contributed by atoms with Crippen LogP contribution in [0, 0.1) is 5.82 Å². The second kappa shape index (κ2) is 7.98. The van der Waals surface area contributed by atoms with Crippen LogP contribution < -0.4 is 10.1 Å². The Kier molecular flexibility index (Phi) is 6.62. The lowest BCUT2D eigenvalue weighted by Crippen LogP contribution is -2.35. The zero-order chi connectivity index (χ0) is 15.9. The molecule has 0 aliphatic rings. The molecular formula is C16H24FNO3. The Labute approximate surface area is 125 Å². The molecule has 21 heavy (non-hydrogen) atoms. The summed E-state index contributed by atoms with van der Waals surface area (Å²) < 4.78 is 23.9. The second-order valence-electron chi connectivity index (χ2n) is 5.86. The lowest BCUT2D eigenvalue weighted by Gasteiger charge is -2.21. The third-order valence-corrected chi connectivity index (χ3v) is 2.86. The lowest BCUT2D eigenvalue weighted by molar-refractivity contribution is -0.140. The van der Waals surface area contributed by atoms with Crippen LogP contribution in [0.1, 0.15) is 39.2 Å². The Morgan fingerprint density at radius 3 is 2.67 bits per heavy atom. The first-order chi connectivity index (χ1) is 9.83. The van der Waals surface area contributed by atoms with Crippen molar-refractivity contribution in [2.45, 2.75) is 45.7 Å². The van der Waals surface area contributed by atoms with E-state index in [1.165, 1.54) is 13.2 Å². The molecule has 0 aliphatic heterocycles. The molecule has 4 nitrogen and oxygen atoms in total. The van der Waals surface area contributed by atoms with Crippen LogP contribution in [0.3, 0.4) is 0 Å². The Bertz CT molecular complexity index is 469. The van der Waals surface area contributed by atoms with E-state index < -0.39 is 0 Å². The van der Waals surface area contributed by atoms with E-state index in [0.29, 0.717) is 13.0 Å². The molecule has 5 heteroatoms. The van der Waals surface area contributed by atoms with Crippen LogP contribution in [-0.2, 0) is 16.1 Å². The number of esters is 1. The Balaban J connectivity index is 2.61. The van der Waals surface area contributed by atoms with Crippen molar-refractivity contribution in [2.75, 3.05) is 13.7 Å². The number of carbonyl (C=O) groups is 1. The number of nitrogens with one attached hydrogen (secondary N) is 1. The SMILES string of the molecule is COC(=O)CCCOc1c(F)cccc1CNC(C)(C)C. The third kappa shape index (κ3) is 6.58. The summed E-state index contributed by atoms with van der Waals surface area (Å²) in [5, 5.41) is 3.30. The van der Waals surface area contributed by atoms with Crippen LogP contribution in [0.5, 0.6) is 5.75 Å². The van der Waals surface area contributed by atoms with Crippen molar-refractivity contribution >= 4 is 5.97 Å². The zero-order valence-corrected chi connectivity index (χ0v) is 13.2. The Hall–Kier alpha value is -1.62. The quantitative estimate of drug-likeness (QED) is 0.621. The molecule has 0 atom stereocenters. The minimum absolute atomic E-state index is 0.0610. The molecule has 0 heterocycles. The maximum Gasteiger partial charge on any atom is 0.305 e. The highest BCUT2D eigenvalue weighted by Gasteiger charge is 2.14. The van der Waals surface area contributed by atoms with Gasteiger partial charge in [0.2, 0.25) is 0 Å². The van der Waals surface area contributed by atoms with Gasteiger partial charge >= 0.3 is 5.97 Å². The smallest absolute Gasteiger partial charge is 0.305 e. The van der Waals surface area contributed by atoms with Gasteiger partial charge in [0.15, 0.2) is 11.6 Å². The first-order valence-corrected chi connectivity index (χ1v) is 7.05. The van der Waals surface area contributed by atoms with Crippen LogP contribution in [0.4, 0.5) is 4.39 Å². The summed E-state index contributed by atoms with van der Waals surface area (Å²) in [5.74, 6) is -0.429. The first-order valence-electron chi connectivity index (χ1n) is 7.05. The van der Waals surface area contributed by atoms with Gasteiger partial charge in [0.25, 0.3) is 0 Å². The standard InChI is InChI=1S/C16H24FNO3/c1-16(2,3)18-11-12-7-5-8-13(17)15(12)21-10-6-9-14(19)20-4/h5,7-8,18H,6,9-11H2,1-4H3. The average Bonchev–Trinajstić information content (AvgIpc) is 2.41. The number of rotatable bonds is 7. The second-order valence-corrected chi connectivity index (χ2v) is 5.86. The third-order valence-electron chi connectivity index (χ3n) is 2.86. The number of methoxy groups -OCH3 is 1. The maximum atomic E-state index is 13.9. The van der Waals surface area contributed by atoms with Gasteiger partial charge in [0.1, 0.15) is 0 Å². The molecule has 0 aromatic heterocycles. The summed E-state index contributed by atoms with van der Waals surface area (Å²) in [4.78, 5) is 11.0. The summed E-state index contributed by atoms with van der Waals surface area (Å²) in [6.07, 6.45) is 0.758. The first kappa shape index (κ1) is 17.4. The van der Waals surface area contributed by atoms with E-state index in [1.54, 1.807) is 6.07 Å². The van der Waals surface area contributed by atoms with Gasteiger partial charge in [-0.2, -0.15) is 0 Å². The lowest BCUT2D eigenvalue weighted by atomic mass is 10.1. The summed E-state index contributed by atoms with van der Waals surface area (Å²) >= 11 is 0. The van der Waals surface area contributed by atoms with Crippen molar-refractivity contribution in [3.63, 3.8) is 0 Å². The number of para-hydroxylation sites is 1. The fraction of sp³-hybridized carbons (Fsp3) is 0.562. The molecule has 1 rings (SSSR count). The van der Waals surface area contributed by atoms with Crippen molar-refractivity contribution in [3.8, 4) is 5.75 Å². The highest BCUT2D eigenvalue weighted by molar-refractivity contribution is 5.69. The molecule has 0 amide bonds. The van der Waals surface area contributed by atoms with E-state index in [-0.39, 0.29) is 36.1 Å². The van der Waals surface area contributed by atoms with Crippen LogP contribution in [0.2, 0.25) is 0 Å². The van der Waals surface area contributed by atoms with Gasteiger partial charge in [-0.25, -0.2) is 4.39 Å². The fourth-order valence-corrected chi connectivity index (χ4v) is 1.71. The topological polar surface area (TPSA) is 47.6 Å². The summed E-state index contributed by atoms with van der Waals surface area (Å²) in [7, 11) is 1.34. The van der Waals surface area contributed by atoms with Crippen molar-refractivity contribution in [1.82, 2.24) is 5.32 Å². The Morgan fingerprint density at radius 1 is 1.33 bits per heavy atom. The van der Waals surface area contributed by atoms with Crippen LogP contribution in [0.15, 0.2) is 18.2 Å². The molecule has 118 valence electrons. The molecule has 0 bridgehead atoms. The van der Waals surface area contributed by atoms with Gasteiger partial charge in [0, 0.05) is 24.1 Å². The van der Waals surface area contributed by atoms with E-state index in [0.717, 1.165) is 5.56 Å². The van der Waals surface area contributed by atoms with Crippen molar-refractivity contribution < 1.29 is 18.7 Å². The zero-order valence-electron chi connectivity index (χ0n) is 13.2. The summed E-state index contributed by atoms with van der Waals surface area (Å²) in [6.45, 7) is 6.93. The largest absolute Gasteiger partial charge is 0.490 e. The normalized spacial score (nSPS) is 11.3. The molecule has 0 saturated heterocycles. The molecule has 0 spiro atoms. The molecule has 0 unspecified atom stereocenters. The predicted octanol–water partition coefficient (Wildman–Crippen LogP) is 3.05. The highest BCUT2D eigenvalue weighted by Crippen LogP contribution is 2.23. The minimum atomic E-state index is -0.388. The van der Waals surface area contributed by atoms with Gasteiger partial charge in [-0.3, -0.25) is 4.79 Å². The maximum absolute atomic E-state index is 13.9.